The van der Waals surface area contributed by atoms with Gasteiger partial charge in [-0.05, 0) is 43.3 Å². The molecule has 0 spiro atoms. The number of carbonyl (C=O) groups is 1. The van der Waals surface area contributed by atoms with E-state index < -0.39 is 17.5 Å². The van der Waals surface area contributed by atoms with Crippen LogP contribution in [0.3, 0.4) is 0 Å². The van der Waals surface area contributed by atoms with E-state index in [0.717, 1.165) is 17.7 Å². The van der Waals surface area contributed by atoms with E-state index in [-0.39, 0.29) is 5.56 Å². The SMILES string of the molecule is Cc1nnc2ccc(-c3cccc(NC(=O)c4ccc(F)cc4F)c3)nn12. The van der Waals surface area contributed by atoms with Gasteiger partial charge >= 0.3 is 0 Å². The molecule has 0 aliphatic rings. The first-order chi connectivity index (χ1) is 13.0. The summed E-state index contributed by atoms with van der Waals surface area (Å²) in [7, 11) is 0. The molecule has 1 N–H and O–H groups in total. The highest BCUT2D eigenvalue weighted by Gasteiger charge is 2.13. The lowest BCUT2D eigenvalue weighted by molar-refractivity contribution is 0.102. The van der Waals surface area contributed by atoms with Crippen molar-refractivity contribution in [1.29, 1.82) is 0 Å². The first kappa shape index (κ1) is 16.8. The van der Waals surface area contributed by atoms with Gasteiger partial charge in [0.1, 0.15) is 11.6 Å². The maximum absolute atomic E-state index is 13.8. The standard InChI is InChI=1S/C19H13F2N5O/c1-11-23-24-18-8-7-17(25-26(11)18)12-3-2-4-14(9-12)22-19(27)15-6-5-13(20)10-16(15)21/h2-10H,1H3,(H,22,27). The first-order valence-electron chi connectivity index (χ1n) is 8.07. The predicted octanol–water partition coefficient (Wildman–Crippen LogP) is 3.63. The average Bonchev–Trinajstić information content (AvgIpc) is 3.02. The first-order valence-corrected chi connectivity index (χ1v) is 8.07. The van der Waals surface area contributed by atoms with E-state index in [2.05, 4.69) is 20.6 Å². The normalized spacial score (nSPS) is 10.9. The average molecular weight is 365 g/mol. The molecule has 2 aromatic heterocycles. The lowest BCUT2D eigenvalue weighted by atomic mass is 10.1. The van der Waals surface area contributed by atoms with Crippen LogP contribution in [0.4, 0.5) is 14.5 Å². The Bertz CT molecular complexity index is 1170. The molecule has 1 amide bonds. The van der Waals surface area contributed by atoms with Gasteiger partial charge in [-0.3, -0.25) is 4.79 Å². The van der Waals surface area contributed by atoms with Crippen molar-refractivity contribution in [2.75, 3.05) is 5.32 Å². The summed E-state index contributed by atoms with van der Waals surface area (Å²) in [6.07, 6.45) is 0. The molecule has 0 saturated heterocycles. The molecule has 4 rings (SSSR count). The van der Waals surface area contributed by atoms with Crippen molar-refractivity contribution in [3.63, 3.8) is 0 Å². The van der Waals surface area contributed by atoms with Crippen LogP contribution in [-0.4, -0.2) is 25.7 Å². The molecule has 0 saturated carbocycles. The third kappa shape index (κ3) is 3.24. The van der Waals surface area contributed by atoms with Gasteiger partial charge in [-0.15, -0.1) is 10.2 Å². The third-order valence-corrected chi connectivity index (χ3v) is 4.01. The van der Waals surface area contributed by atoms with Crippen LogP contribution < -0.4 is 5.32 Å². The molecule has 134 valence electrons. The maximum atomic E-state index is 13.8. The highest BCUT2D eigenvalue weighted by atomic mass is 19.1. The molecule has 0 fully saturated rings. The zero-order chi connectivity index (χ0) is 19.0. The van der Waals surface area contributed by atoms with Gasteiger partial charge in [0, 0.05) is 17.3 Å². The van der Waals surface area contributed by atoms with E-state index in [0.29, 0.717) is 28.9 Å². The summed E-state index contributed by atoms with van der Waals surface area (Å²) in [6.45, 7) is 1.80. The van der Waals surface area contributed by atoms with Crippen LogP contribution in [0.2, 0.25) is 0 Å². The number of hydrogen-bond acceptors (Lipinski definition) is 4. The Kier molecular flexibility index (Phi) is 4.08. The van der Waals surface area contributed by atoms with Crippen LogP contribution in [0.1, 0.15) is 16.2 Å². The Morgan fingerprint density at radius 3 is 2.70 bits per heavy atom. The number of anilines is 1. The smallest absolute Gasteiger partial charge is 0.258 e. The van der Waals surface area contributed by atoms with Crippen LogP contribution in [0.15, 0.2) is 54.6 Å². The predicted molar refractivity (Wildman–Crippen MR) is 95.3 cm³/mol. The lowest BCUT2D eigenvalue weighted by Gasteiger charge is -2.08. The van der Waals surface area contributed by atoms with Gasteiger partial charge in [-0.25, -0.2) is 8.78 Å². The zero-order valence-electron chi connectivity index (χ0n) is 14.1. The van der Waals surface area contributed by atoms with Crippen molar-refractivity contribution in [2.45, 2.75) is 6.92 Å². The van der Waals surface area contributed by atoms with Gasteiger partial charge in [0.05, 0.1) is 11.3 Å². The summed E-state index contributed by atoms with van der Waals surface area (Å²) in [6, 6.07) is 13.4. The lowest BCUT2D eigenvalue weighted by Crippen LogP contribution is -2.14. The molecule has 2 heterocycles. The fourth-order valence-corrected chi connectivity index (χ4v) is 2.68. The van der Waals surface area contributed by atoms with Crippen molar-refractivity contribution in [2.24, 2.45) is 0 Å². The fraction of sp³-hybridized carbons (Fsp3) is 0.0526. The minimum absolute atomic E-state index is 0.235. The Morgan fingerprint density at radius 2 is 1.89 bits per heavy atom. The minimum atomic E-state index is -0.918. The summed E-state index contributed by atoms with van der Waals surface area (Å²) in [5.41, 5.74) is 2.27. The van der Waals surface area contributed by atoms with Crippen molar-refractivity contribution in [1.82, 2.24) is 19.8 Å². The largest absolute Gasteiger partial charge is 0.322 e. The number of fused-ring (bicyclic) bond motifs is 1. The Balaban J connectivity index is 1.63. The third-order valence-electron chi connectivity index (χ3n) is 4.01. The second kappa shape index (κ2) is 6.56. The van der Waals surface area contributed by atoms with Gasteiger partial charge in [-0.1, -0.05) is 12.1 Å². The number of hydrogen-bond donors (Lipinski definition) is 1. The van der Waals surface area contributed by atoms with Crippen LogP contribution in [0.5, 0.6) is 0 Å². The van der Waals surface area contributed by atoms with Gasteiger partial charge in [-0.2, -0.15) is 9.61 Å². The van der Waals surface area contributed by atoms with E-state index in [1.165, 1.54) is 0 Å². The van der Waals surface area contributed by atoms with Crippen LogP contribution in [-0.2, 0) is 0 Å². The summed E-state index contributed by atoms with van der Waals surface area (Å²) in [5, 5.41) is 15.1. The molecule has 0 aliphatic carbocycles. The van der Waals surface area contributed by atoms with Crippen molar-refractivity contribution in [3.8, 4) is 11.3 Å². The molecule has 27 heavy (non-hydrogen) atoms. The molecule has 4 aromatic rings. The Labute approximate surface area is 152 Å². The van der Waals surface area contributed by atoms with Gasteiger partial charge in [0.15, 0.2) is 11.5 Å². The summed E-state index contributed by atoms with van der Waals surface area (Å²) < 4.78 is 28.4. The topological polar surface area (TPSA) is 72.2 Å². The molecule has 0 atom stereocenters. The molecule has 0 aliphatic heterocycles. The summed E-state index contributed by atoms with van der Waals surface area (Å²) >= 11 is 0. The zero-order valence-corrected chi connectivity index (χ0v) is 14.1. The summed E-state index contributed by atoms with van der Waals surface area (Å²) in [5.74, 6) is -1.67. The number of aromatic nitrogens is 4. The fourth-order valence-electron chi connectivity index (χ4n) is 2.68. The van der Waals surface area contributed by atoms with Gasteiger partial charge in [0.2, 0.25) is 0 Å². The number of amides is 1. The number of carbonyl (C=O) groups excluding carboxylic acids is 1. The molecule has 0 unspecified atom stereocenters. The van der Waals surface area contributed by atoms with Crippen LogP contribution >= 0.6 is 0 Å². The van der Waals surface area contributed by atoms with Crippen molar-refractivity contribution >= 4 is 17.2 Å². The molecular formula is C19H13F2N5O. The second-order valence-electron chi connectivity index (χ2n) is 5.89. The molecule has 2 aromatic carbocycles. The molecule has 0 bridgehead atoms. The number of benzene rings is 2. The number of aryl methyl sites for hydroxylation is 1. The quantitative estimate of drug-likeness (QED) is 0.602. The van der Waals surface area contributed by atoms with Crippen molar-refractivity contribution < 1.29 is 13.6 Å². The summed E-state index contributed by atoms with van der Waals surface area (Å²) in [4.78, 5) is 12.3. The Hall–Kier alpha value is -3.68. The van der Waals surface area contributed by atoms with E-state index in [4.69, 9.17) is 0 Å². The van der Waals surface area contributed by atoms with E-state index >= 15 is 0 Å². The minimum Gasteiger partial charge on any atom is -0.322 e. The monoisotopic (exact) mass is 365 g/mol. The highest BCUT2D eigenvalue weighted by molar-refractivity contribution is 6.04. The number of nitrogens with one attached hydrogen (secondary N) is 1. The van der Waals surface area contributed by atoms with Gasteiger partial charge < -0.3 is 5.32 Å². The second-order valence-corrected chi connectivity index (χ2v) is 5.89. The number of rotatable bonds is 3. The molecule has 0 radical (unpaired) electrons. The van der Waals surface area contributed by atoms with E-state index in [1.807, 2.05) is 6.07 Å². The van der Waals surface area contributed by atoms with E-state index in [9.17, 15) is 13.6 Å². The van der Waals surface area contributed by atoms with Crippen LogP contribution in [0, 0.1) is 18.6 Å². The Morgan fingerprint density at radius 1 is 1.04 bits per heavy atom. The van der Waals surface area contributed by atoms with Crippen LogP contribution in [0.25, 0.3) is 16.9 Å². The van der Waals surface area contributed by atoms with Gasteiger partial charge in [0.25, 0.3) is 5.91 Å². The molecular weight excluding hydrogens is 352 g/mol. The molecule has 6 nitrogen and oxygen atoms in total. The van der Waals surface area contributed by atoms with E-state index in [1.54, 1.807) is 41.8 Å². The maximum Gasteiger partial charge on any atom is 0.258 e. The molecule has 8 heteroatoms. The number of nitrogens with zero attached hydrogens (tertiary/aromatic N) is 4. The number of halogens is 2. The highest BCUT2D eigenvalue weighted by Crippen LogP contribution is 2.22. The van der Waals surface area contributed by atoms with Crippen molar-refractivity contribution in [3.05, 3.63) is 77.6 Å².